The summed E-state index contributed by atoms with van der Waals surface area (Å²) in [5.74, 6) is 2.10. The summed E-state index contributed by atoms with van der Waals surface area (Å²) in [6.45, 7) is 4.02. The van der Waals surface area contributed by atoms with Crippen molar-refractivity contribution in [2.75, 3.05) is 6.61 Å². The normalized spacial score (nSPS) is 9.27. The second-order valence-corrected chi connectivity index (χ2v) is 2.33. The van der Waals surface area contributed by atoms with Crippen LogP contribution in [-0.2, 0) is 9.53 Å². The molecule has 0 atom stereocenters. The Bertz CT molecular complexity index is 151. The van der Waals surface area contributed by atoms with E-state index in [1.54, 1.807) is 0 Å². The number of terminal acetylenes is 1. The number of ether oxygens (including phenoxy) is 1. The highest BCUT2D eigenvalue weighted by Crippen LogP contribution is 2.08. The van der Waals surface area contributed by atoms with Gasteiger partial charge < -0.3 is 4.74 Å². The van der Waals surface area contributed by atoms with Gasteiger partial charge in [0.25, 0.3) is 0 Å². The van der Waals surface area contributed by atoms with Gasteiger partial charge in [-0.05, 0) is 12.8 Å². The van der Waals surface area contributed by atoms with Gasteiger partial charge >= 0.3 is 5.97 Å². The van der Waals surface area contributed by atoms with Crippen LogP contribution in [0.25, 0.3) is 0 Å². The van der Waals surface area contributed by atoms with Crippen LogP contribution in [0.3, 0.4) is 0 Å². The molecule has 0 radical (unpaired) electrons. The Morgan fingerprint density at radius 1 is 1.55 bits per heavy atom. The number of carbonyl (C=O) groups is 1. The molecule has 0 aromatic rings. The van der Waals surface area contributed by atoms with Crippen molar-refractivity contribution in [2.24, 2.45) is 5.92 Å². The summed E-state index contributed by atoms with van der Waals surface area (Å²) >= 11 is 0. The molecular formula is C9H14O2. The van der Waals surface area contributed by atoms with E-state index >= 15 is 0 Å². The monoisotopic (exact) mass is 154 g/mol. The maximum atomic E-state index is 11.0. The summed E-state index contributed by atoms with van der Waals surface area (Å²) in [6.07, 6.45) is 6.57. The summed E-state index contributed by atoms with van der Waals surface area (Å²) in [4.78, 5) is 11.0. The number of hydrogen-bond donors (Lipinski definition) is 0. The van der Waals surface area contributed by atoms with Crippen molar-refractivity contribution in [3.8, 4) is 12.3 Å². The van der Waals surface area contributed by atoms with Gasteiger partial charge in [-0.25, -0.2) is 0 Å². The zero-order valence-electron chi connectivity index (χ0n) is 7.09. The number of carbonyl (C=O) groups excluding carboxylic acids is 1. The van der Waals surface area contributed by atoms with E-state index in [1.807, 2.05) is 13.8 Å². The molecule has 11 heavy (non-hydrogen) atoms. The van der Waals surface area contributed by atoms with Crippen LogP contribution < -0.4 is 0 Å². The minimum Gasteiger partial charge on any atom is -0.452 e. The van der Waals surface area contributed by atoms with Crippen LogP contribution in [0, 0.1) is 18.3 Å². The van der Waals surface area contributed by atoms with Crippen molar-refractivity contribution in [1.82, 2.24) is 0 Å². The third-order valence-electron chi connectivity index (χ3n) is 1.62. The average molecular weight is 154 g/mol. The van der Waals surface area contributed by atoms with Gasteiger partial charge in [0.15, 0.2) is 6.61 Å². The van der Waals surface area contributed by atoms with Crippen LogP contribution in [-0.4, -0.2) is 12.6 Å². The van der Waals surface area contributed by atoms with Crippen LogP contribution >= 0.6 is 0 Å². The summed E-state index contributed by atoms with van der Waals surface area (Å²) in [7, 11) is 0. The van der Waals surface area contributed by atoms with E-state index in [0.717, 1.165) is 12.8 Å². The van der Waals surface area contributed by atoms with Gasteiger partial charge in [0, 0.05) is 0 Å². The van der Waals surface area contributed by atoms with Crippen molar-refractivity contribution >= 4 is 5.97 Å². The van der Waals surface area contributed by atoms with Crippen molar-refractivity contribution in [3.63, 3.8) is 0 Å². The molecular weight excluding hydrogens is 140 g/mol. The molecule has 0 unspecified atom stereocenters. The Kier molecular flexibility index (Phi) is 5.28. The van der Waals surface area contributed by atoms with Crippen LogP contribution in [0.2, 0.25) is 0 Å². The van der Waals surface area contributed by atoms with Gasteiger partial charge in [0.1, 0.15) is 0 Å². The maximum absolute atomic E-state index is 11.0. The minimum atomic E-state index is -0.173. The molecule has 0 aliphatic carbocycles. The molecule has 0 fully saturated rings. The fourth-order valence-corrected chi connectivity index (χ4v) is 0.853. The molecule has 62 valence electrons. The zero-order chi connectivity index (χ0) is 8.69. The molecule has 0 aliphatic rings. The number of hydrogen-bond acceptors (Lipinski definition) is 2. The zero-order valence-corrected chi connectivity index (χ0v) is 7.09. The Morgan fingerprint density at radius 2 is 2.09 bits per heavy atom. The van der Waals surface area contributed by atoms with E-state index in [0.29, 0.717) is 0 Å². The first-order valence-electron chi connectivity index (χ1n) is 3.86. The molecule has 0 rings (SSSR count). The lowest BCUT2D eigenvalue weighted by Gasteiger charge is -2.09. The fraction of sp³-hybridized carbons (Fsp3) is 0.667. The average Bonchev–Trinajstić information content (AvgIpc) is 2.03. The molecule has 0 N–H and O–H groups in total. The second-order valence-electron chi connectivity index (χ2n) is 2.33. The summed E-state index contributed by atoms with van der Waals surface area (Å²) < 4.78 is 4.76. The highest BCUT2D eigenvalue weighted by Gasteiger charge is 2.14. The van der Waals surface area contributed by atoms with Gasteiger partial charge in [-0.3, -0.25) is 4.79 Å². The molecule has 2 heteroatoms. The van der Waals surface area contributed by atoms with Crippen LogP contribution in [0.4, 0.5) is 0 Å². The molecule has 0 heterocycles. The Hall–Kier alpha value is -0.970. The highest BCUT2D eigenvalue weighted by molar-refractivity contribution is 5.72. The summed E-state index contributed by atoms with van der Waals surface area (Å²) in [5, 5.41) is 0. The van der Waals surface area contributed by atoms with E-state index in [2.05, 4.69) is 5.92 Å². The maximum Gasteiger partial charge on any atom is 0.309 e. The molecule has 2 nitrogen and oxygen atoms in total. The molecule has 0 saturated heterocycles. The minimum absolute atomic E-state index is 0.0170. The van der Waals surface area contributed by atoms with E-state index in [9.17, 15) is 4.79 Å². The third-order valence-corrected chi connectivity index (χ3v) is 1.62. The first-order chi connectivity index (χ1) is 5.26. The Morgan fingerprint density at radius 3 is 2.45 bits per heavy atom. The molecule has 0 amide bonds. The van der Waals surface area contributed by atoms with Gasteiger partial charge in [-0.1, -0.05) is 19.8 Å². The van der Waals surface area contributed by atoms with Crippen molar-refractivity contribution < 1.29 is 9.53 Å². The smallest absolute Gasteiger partial charge is 0.309 e. The van der Waals surface area contributed by atoms with E-state index in [4.69, 9.17) is 11.2 Å². The van der Waals surface area contributed by atoms with E-state index in [1.165, 1.54) is 0 Å². The number of rotatable bonds is 4. The van der Waals surface area contributed by atoms with Crippen molar-refractivity contribution in [3.05, 3.63) is 0 Å². The first kappa shape index (κ1) is 10.0. The predicted octanol–water partition coefficient (Wildman–Crippen LogP) is 1.60. The van der Waals surface area contributed by atoms with E-state index < -0.39 is 0 Å². The molecule has 0 bridgehead atoms. The molecule has 0 spiro atoms. The van der Waals surface area contributed by atoms with Gasteiger partial charge in [0.2, 0.25) is 0 Å². The van der Waals surface area contributed by atoms with Crippen LogP contribution in [0.5, 0.6) is 0 Å². The predicted molar refractivity (Wildman–Crippen MR) is 43.9 cm³/mol. The first-order valence-corrected chi connectivity index (χ1v) is 3.86. The van der Waals surface area contributed by atoms with Crippen molar-refractivity contribution in [2.45, 2.75) is 26.7 Å². The van der Waals surface area contributed by atoms with Gasteiger partial charge in [-0.15, -0.1) is 6.42 Å². The fourth-order valence-electron chi connectivity index (χ4n) is 0.853. The lowest BCUT2D eigenvalue weighted by Crippen LogP contribution is -2.16. The Labute approximate surface area is 67.9 Å². The summed E-state index contributed by atoms with van der Waals surface area (Å²) in [6, 6.07) is 0. The SMILES string of the molecule is C#CCOC(=O)C(CC)CC. The molecule has 0 saturated carbocycles. The topological polar surface area (TPSA) is 26.3 Å². The van der Waals surface area contributed by atoms with Crippen LogP contribution in [0.15, 0.2) is 0 Å². The standard InChI is InChI=1S/C9H14O2/c1-4-7-11-9(10)8(5-2)6-3/h1,8H,5-7H2,2-3H3. The largest absolute Gasteiger partial charge is 0.452 e. The lowest BCUT2D eigenvalue weighted by atomic mass is 10.0. The number of esters is 1. The highest BCUT2D eigenvalue weighted by atomic mass is 16.5. The summed E-state index contributed by atoms with van der Waals surface area (Å²) in [5.41, 5.74) is 0. The quantitative estimate of drug-likeness (QED) is 0.454. The van der Waals surface area contributed by atoms with Gasteiger partial charge in [0.05, 0.1) is 5.92 Å². The van der Waals surface area contributed by atoms with Gasteiger partial charge in [-0.2, -0.15) is 0 Å². The molecule has 0 aromatic heterocycles. The Balaban J connectivity index is 3.72. The molecule has 0 aliphatic heterocycles. The second kappa shape index (κ2) is 5.79. The lowest BCUT2D eigenvalue weighted by molar-refractivity contribution is -0.147. The van der Waals surface area contributed by atoms with Crippen molar-refractivity contribution in [1.29, 1.82) is 0 Å². The molecule has 0 aromatic carbocycles. The third kappa shape index (κ3) is 3.67. The van der Waals surface area contributed by atoms with E-state index in [-0.39, 0.29) is 18.5 Å². The van der Waals surface area contributed by atoms with Crippen LogP contribution in [0.1, 0.15) is 26.7 Å².